The number of rotatable bonds is 5. The summed E-state index contributed by atoms with van der Waals surface area (Å²) in [6.07, 6.45) is -9.22. The summed E-state index contributed by atoms with van der Waals surface area (Å²) in [6.45, 7) is 0. The number of aliphatic carboxylic acids is 1. The topological polar surface area (TPSA) is 59.4 Å². The van der Waals surface area contributed by atoms with Crippen LogP contribution in [0.5, 0.6) is 5.75 Å². The van der Waals surface area contributed by atoms with Crippen LogP contribution in [0.2, 0.25) is 0 Å². The molecule has 0 fully saturated rings. The van der Waals surface area contributed by atoms with Crippen molar-refractivity contribution in [3.05, 3.63) is 23.0 Å². The second-order valence-electron chi connectivity index (χ2n) is 3.53. The summed E-state index contributed by atoms with van der Waals surface area (Å²) < 4.78 is 65.6. The molecule has 0 amide bonds. The number of nitrogens with zero attached hydrogens (tertiary/aromatic N) is 1. The standard InChI is InChI=1S/C10H7ClF5NO3/c11-3-6-8(20-10(14,15)16)5(9(12)13)1-4(17-6)2-7(18)19/h1,9H,2-3H2,(H,18,19). The summed E-state index contributed by atoms with van der Waals surface area (Å²) in [7, 11) is 0. The molecule has 0 saturated carbocycles. The zero-order valence-corrected chi connectivity index (χ0v) is 10.3. The van der Waals surface area contributed by atoms with Gasteiger partial charge in [0.15, 0.2) is 5.75 Å². The van der Waals surface area contributed by atoms with Crippen molar-refractivity contribution in [2.45, 2.75) is 25.1 Å². The number of pyridine rings is 1. The van der Waals surface area contributed by atoms with Crippen molar-refractivity contribution in [3.8, 4) is 5.75 Å². The van der Waals surface area contributed by atoms with Crippen LogP contribution in [-0.4, -0.2) is 22.4 Å². The molecule has 20 heavy (non-hydrogen) atoms. The quantitative estimate of drug-likeness (QED) is 0.668. The van der Waals surface area contributed by atoms with Crippen molar-refractivity contribution < 1.29 is 36.6 Å². The Bertz CT molecular complexity index is 506. The first-order valence-corrected chi connectivity index (χ1v) is 5.52. The monoisotopic (exact) mass is 319 g/mol. The second-order valence-corrected chi connectivity index (χ2v) is 3.80. The molecule has 0 bridgehead atoms. The number of hydrogen-bond acceptors (Lipinski definition) is 3. The van der Waals surface area contributed by atoms with Gasteiger partial charge in [-0.1, -0.05) is 0 Å². The summed E-state index contributed by atoms with van der Waals surface area (Å²) in [5.74, 6) is -3.21. The molecular formula is C10H7ClF5NO3. The number of alkyl halides is 6. The van der Waals surface area contributed by atoms with Gasteiger partial charge in [-0.15, -0.1) is 24.8 Å². The number of halogens is 6. The molecule has 1 heterocycles. The molecule has 0 aliphatic carbocycles. The lowest BCUT2D eigenvalue weighted by Gasteiger charge is -2.16. The number of ether oxygens (including phenoxy) is 1. The van der Waals surface area contributed by atoms with Gasteiger partial charge in [-0.25, -0.2) is 8.78 Å². The SMILES string of the molecule is O=C(O)Cc1cc(C(F)F)c(OC(F)(F)F)c(CCl)n1. The van der Waals surface area contributed by atoms with Gasteiger partial charge in [-0.05, 0) is 6.07 Å². The number of aromatic nitrogens is 1. The fourth-order valence-corrected chi connectivity index (χ4v) is 1.58. The van der Waals surface area contributed by atoms with Gasteiger partial charge in [-0.3, -0.25) is 9.78 Å². The van der Waals surface area contributed by atoms with Crippen molar-refractivity contribution >= 4 is 17.6 Å². The van der Waals surface area contributed by atoms with E-state index in [0.29, 0.717) is 6.07 Å². The van der Waals surface area contributed by atoms with Crippen LogP contribution in [0.1, 0.15) is 23.4 Å². The molecule has 1 rings (SSSR count). The van der Waals surface area contributed by atoms with Crippen molar-refractivity contribution in [3.63, 3.8) is 0 Å². The molecule has 4 nitrogen and oxygen atoms in total. The summed E-state index contributed by atoms with van der Waals surface area (Å²) in [6, 6.07) is 0.551. The van der Waals surface area contributed by atoms with Gasteiger partial charge in [0, 0.05) is 0 Å². The van der Waals surface area contributed by atoms with Gasteiger partial charge in [-0.2, -0.15) is 0 Å². The Morgan fingerprint density at radius 2 is 2.05 bits per heavy atom. The Morgan fingerprint density at radius 1 is 1.45 bits per heavy atom. The zero-order chi connectivity index (χ0) is 15.5. The molecule has 1 N–H and O–H groups in total. The maximum Gasteiger partial charge on any atom is 0.573 e. The highest BCUT2D eigenvalue weighted by Crippen LogP contribution is 2.36. The first-order chi connectivity index (χ1) is 9.14. The predicted octanol–water partition coefficient (Wildman–Crippen LogP) is 3.28. The van der Waals surface area contributed by atoms with Crippen LogP contribution in [0.4, 0.5) is 22.0 Å². The Labute approximate surface area is 114 Å². The van der Waals surface area contributed by atoms with Crippen molar-refractivity contribution in [1.82, 2.24) is 4.98 Å². The Balaban J connectivity index is 3.36. The van der Waals surface area contributed by atoms with E-state index >= 15 is 0 Å². The first-order valence-electron chi connectivity index (χ1n) is 4.98. The van der Waals surface area contributed by atoms with Crippen LogP contribution in [0, 0.1) is 0 Å². The molecule has 0 atom stereocenters. The van der Waals surface area contributed by atoms with E-state index < -0.39 is 48.1 Å². The van der Waals surface area contributed by atoms with E-state index in [9.17, 15) is 26.7 Å². The minimum absolute atomic E-state index is 0.335. The lowest BCUT2D eigenvalue weighted by Crippen LogP contribution is -2.20. The van der Waals surface area contributed by atoms with Gasteiger partial charge < -0.3 is 9.84 Å². The second kappa shape index (κ2) is 6.21. The van der Waals surface area contributed by atoms with Gasteiger partial charge >= 0.3 is 12.3 Å². The highest BCUT2D eigenvalue weighted by Gasteiger charge is 2.35. The Kier molecular flexibility index (Phi) is 5.09. The molecule has 0 saturated heterocycles. The fourth-order valence-electron chi connectivity index (χ4n) is 1.40. The number of carbonyl (C=O) groups is 1. The summed E-state index contributed by atoms with van der Waals surface area (Å²) in [4.78, 5) is 14.0. The van der Waals surface area contributed by atoms with Crippen LogP contribution in [-0.2, 0) is 17.1 Å². The van der Waals surface area contributed by atoms with E-state index in [1.54, 1.807) is 0 Å². The van der Waals surface area contributed by atoms with Crippen molar-refractivity contribution in [2.75, 3.05) is 0 Å². The Morgan fingerprint density at radius 3 is 2.45 bits per heavy atom. The van der Waals surface area contributed by atoms with E-state index in [4.69, 9.17) is 16.7 Å². The van der Waals surface area contributed by atoms with Crippen molar-refractivity contribution in [2.24, 2.45) is 0 Å². The predicted molar refractivity (Wildman–Crippen MR) is 56.8 cm³/mol. The molecule has 1 aromatic heterocycles. The van der Waals surface area contributed by atoms with Crippen LogP contribution >= 0.6 is 11.6 Å². The number of carboxylic acids is 1. The molecule has 0 radical (unpaired) electrons. The molecule has 0 unspecified atom stereocenters. The van der Waals surface area contributed by atoms with E-state index in [-0.39, 0.29) is 5.69 Å². The average Bonchev–Trinajstić information content (AvgIpc) is 2.27. The third-order valence-corrected chi connectivity index (χ3v) is 2.29. The lowest BCUT2D eigenvalue weighted by molar-refractivity contribution is -0.275. The van der Waals surface area contributed by atoms with Gasteiger partial charge in [0.2, 0.25) is 0 Å². The van der Waals surface area contributed by atoms with Crippen molar-refractivity contribution in [1.29, 1.82) is 0 Å². The fraction of sp³-hybridized carbons (Fsp3) is 0.400. The molecule has 0 aliphatic heterocycles. The Hall–Kier alpha value is -1.64. The minimum Gasteiger partial charge on any atom is -0.481 e. The van der Waals surface area contributed by atoms with Crippen LogP contribution in [0.15, 0.2) is 6.07 Å². The smallest absolute Gasteiger partial charge is 0.481 e. The maximum atomic E-state index is 12.8. The highest BCUT2D eigenvalue weighted by molar-refractivity contribution is 6.17. The van der Waals surface area contributed by atoms with E-state index in [0.717, 1.165) is 0 Å². The number of hydrogen-bond donors (Lipinski definition) is 1. The number of carboxylic acid groups (broad SMARTS) is 1. The summed E-state index contributed by atoms with van der Waals surface area (Å²) >= 11 is 5.34. The third kappa shape index (κ3) is 4.48. The molecule has 1 aromatic rings. The normalized spacial score (nSPS) is 11.8. The van der Waals surface area contributed by atoms with E-state index in [1.807, 2.05) is 0 Å². The summed E-state index contributed by atoms with van der Waals surface area (Å²) in [5, 5.41) is 8.54. The molecular weight excluding hydrogens is 313 g/mol. The van der Waals surface area contributed by atoms with E-state index in [2.05, 4.69) is 9.72 Å². The van der Waals surface area contributed by atoms with Crippen LogP contribution in [0.3, 0.4) is 0 Å². The molecule has 112 valence electrons. The first kappa shape index (κ1) is 16.4. The zero-order valence-electron chi connectivity index (χ0n) is 9.55. The molecule has 0 aromatic carbocycles. The van der Waals surface area contributed by atoms with Crippen LogP contribution < -0.4 is 4.74 Å². The highest BCUT2D eigenvalue weighted by atomic mass is 35.5. The molecule has 0 spiro atoms. The van der Waals surface area contributed by atoms with E-state index in [1.165, 1.54) is 0 Å². The van der Waals surface area contributed by atoms with Crippen LogP contribution in [0.25, 0.3) is 0 Å². The van der Waals surface area contributed by atoms with Gasteiger partial charge in [0.25, 0.3) is 6.43 Å². The summed E-state index contributed by atoms with van der Waals surface area (Å²) in [5.41, 5.74) is -2.04. The van der Waals surface area contributed by atoms with Gasteiger partial charge in [0.05, 0.1) is 29.3 Å². The minimum atomic E-state index is -5.19. The molecule has 0 aliphatic rings. The van der Waals surface area contributed by atoms with Gasteiger partial charge in [0.1, 0.15) is 0 Å². The largest absolute Gasteiger partial charge is 0.573 e. The lowest BCUT2D eigenvalue weighted by atomic mass is 10.1. The average molecular weight is 320 g/mol. The molecule has 10 heteroatoms. The maximum absolute atomic E-state index is 12.8. The third-order valence-electron chi connectivity index (χ3n) is 2.04.